The zero-order valence-electron chi connectivity index (χ0n) is 13.1. The van der Waals surface area contributed by atoms with E-state index in [0.29, 0.717) is 18.2 Å². The van der Waals surface area contributed by atoms with Gasteiger partial charge in [0.05, 0.1) is 0 Å². The Bertz CT molecular complexity index is 673. The topological polar surface area (TPSA) is 68.0 Å². The third kappa shape index (κ3) is 3.91. The van der Waals surface area contributed by atoms with Crippen LogP contribution in [0.5, 0.6) is 0 Å². The third-order valence-electron chi connectivity index (χ3n) is 4.39. The van der Waals surface area contributed by atoms with E-state index in [2.05, 4.69) is 23.3 Å². The monoisotopic (exact) mass is 351 g/mol. The molecule has 4 nitrogen and oxygen atoms in total. The first kappa shape index (κ1) is 17.9. The lowest BCUT2D eigenvalue weighted by Gasteiger charge is -2.18. The fraction of sp³-hybridized carbons (Fsp3) is 0.412. The van der Waals surface area contributed by atoms with Crippen molar-refractivity contribution in [3.63, 3.8) is 0 Å². The lowest BCUT2D eigenvalue weighted by Crippen LogP contribution is -2.40. The van der Waals surface area contributed by atoms with Crippen LogP contribution in [-0.2, 0) is 0 Å². The van der Waals surface area contributed by atoms with Gasteiger partial charge in [0.15, 0.2) is 0 Å². The SMILES string of the molecule is Cc1ccccc1-c1nc(C(=O)NC2CCCC2CN)cs1.Cl. The van der Waals surface area contributed by atoms with Crippen LogP contribution in [0.2, 0.25) is 0 Å². The van der Waals surface area contributed by atoms with Crippen LogP contribution < -0.4 is 11.1 Å². The number of carbonyl (C=O) groups excluding carboxylic acids is 1. The summed E-state index contributed by atoms with van der Waals surface area (Å²) >= 11 is 1.51. The van der Waals surface area contributed by atoms with Crippen LogP contribution in [0.1, 0.15) is 35.3 Å². The molecule has 1 aromatic heterocycles. The quantitative estimate of drug-likeness (QED) is 0.887. The van der Waals surface area contributed by atoms with Crippen molar-refractivity contribution in [2.24, 2.45) is 11.7 Å². The van der Waals surface area contributed by atoms with Gasteiger partial charge in [-0.25, -0.2) is 4.98 Å². The molecule has 1 aromatic carbocycles. The number of carbonyl (C=O) groups is 1. The molecule has 124 valence electrons. The molecule has 0 spiro atoms. The number of hydrogen-bond donors (Lipinski definition) is 2. The number of aromatic nitrogens is 1. The van der Waals surface area contributed by atoms with Gasteiger partial charge >= 0.3 is 0 Å². The molecule has 1 fully saturated rings. The summed E-state index contributed by atoms with van der Waals surface area (Å²) in [7, 11) is 0. The van der Waals surface area contributed by atoms with E-state index in [1.54, 1.807) is 0 Å². The lowest BCUT2D eigenvalue weighted by atomic mass is 10.0. The van der Waals surface area contributed by atoms with Gasteiger partial charge in [-0.15, -0.1) is 23.7 Å². The Morgan fingerprint density at radius 1 is 1.39 bits per heavy atom. The maximum Gasteiger partial charge on any atom is 0.271 e. The van der Waals surface area contributed by atoms with E-state index in [4.69, 9.17) is 5.73 Å². The van der Waals surface area contributed by atoms with Crippen molar-refractivity contribution in [3.05, 3.63) is 40.9 Å². The third-order valence-corrected chi connectivity index (χ3v) is 5.27. The smallest absolute Gasteiger partial charge is 0.271 e. The summed E-state index contributed by atoms with van der Waals surface area (Å²) in [5.41, 5.74) is 8.54. The molecule has 3 rings (SSSR count). The molecule has 2 unspecified atom stereocenters. The molecule has 0 saturated heterocycles. The van der Waals surface area contributed by atoms with Crippen LogP contribution >= 0.6 is 23.7 Å². The largest absolute Gasteiger partial charge is 0.348 e. The fourth-order valence-electron chi connectivity index (χ4n) is 3.07. The second-order valence-corrected chi connectivity index (χ2v) is 6.72. The maximum absolute atomic E-state index is 12.4. The Kier molecular flexibility index (Phi) is 6.16. The summed E-state index contributed by atoms with van der Waals surface area (Å²) < 4.78 is 0. The van der Waals surface area contributed by atoms with Gasteiger partial charge in [0.1, 0.15) is 10.7 Å². The van der Waals surface area contributed by atoms with Crippen molar-refractivity contribution in [1.29, 1.82) is 0 Å². The molecule has 0 radical (unpaired) electrons. The molecule has 2 aromatic rings. The highest BCUT2D eigenvalue weighted by Gasteiger charge is 2.28. The number of hydrogen-bond acceptors (Lipinski definition) is 4. The number of aryl methyl sites for hydroxylation is 1. The summed E-state index contributed by atoms with van der Waals surface area (Å²) in [6.07, 6.45) is 3.26. The van der Waals surface area contributed by atoms with Gasteiger partial charge in [-0.05, 0) is 37.8 Å². The maximum atomic E-state index is 12.4. The number of amides is 1. The van der Waals surface area contributed by atoms with Crippen LogP contribution in [0.3, 0.4) is 0 Å². The van der Waals surface area contributed by atoms with Crippen LogP contribution in [0.25, 0.3) is 10.6 Å². The average Bonchev–Trinajstić information content (AvgIpc) is 3.16. The Balaban J connectivity index is 0.00000192. The van der Waals surface area contributed by atoms with Crippen molar-refractivity contribution in [1.82, 2.24) is 10.3 Å². The van der Waals surface area contributed by atoms with Crippen molar-refractivity contribution < 1.29 is 4.79 Å². The minimum atomic E-state index is -0.0820. The number of rotatable bonds is 4. The van der Waals surface area contributed by atoms with Crippen molar-refractivity contribution in [2.75, 3.05) is 6.54 Å². The molecule has 3 N–H and O–H groups in total. The normalized spacial score (nSPS) is 20.1. The van der Waals surface area contributed by atoms with E-state index in [-0.39, 0.29) is 24.4 Å². The van der Waals surface area contributed by atoms with Crippen LogP contribution in [0, 0.1) is 12.8 Å². The molecule has 1 amide bonds. The first-order chi connectivity index (χ1) is 10.7. The molecular formula is C17H22ClN3OS. The first-order valence-corrected chi connectivity index (χ1v) is 8.59. The average molecular weight is 352 g/mol. The standard InChI is InChI=1S/C17H21N3OS.ClH/c1-11-5-2-3-7-13(11)17-20-15(10-22-17)16(21)19-14-8-4-6-12(14)9-18;/h2-3,5,7,10,12,14H,4,6,8-9,18H2,1H3,(H,19,21);1H. The highest BCUT2D eigenvalue weighted by Crippen LogP contribution is 2.28. The summed E-state index contributed by atoms with van der Waals surface area (Å²) in [6.45, 7) is 2.69. The molecule has 23 heavy (non-hydrogen) atoms. The van der Waals surface area contributed by atoms with Crippen LogP contribution in [0.4, 0.5) is 0 Å². The van der Waals surface area contributed by atoms with Crippen LogP contribution in [-0.4, -0.2) is 23.5 Å². The lowest BCUT2D eigenvalue weighted by molar-refractivity contribution is 0.0924. The van der Waals surface area contributed by atoms with Gasteiger partial charge in [-0.2, -0.15) is 0 Å². The van der Waals surface area contributed by atoms with Gasteiger partial charge in [0.25, 0.3) is 5.91 Å². The molecule has 0 bridgehead atoms. The molecular weight excluding hydrogens is 330 g/mol. The first-order valence-electron chi connectivity index (χ1n) is 7.71. The van der Waals surface area contributed by atoms with Gasteiger partial charge in [-0.1, -0.05) is 30.7 Å². The highest BCUT2D eigenvalue weighted by molar-refractivity contribution is 7.13. The Morgan fingerprint density at radius 2 is 2.17 bits per heavy atom. The van der Waals surface area contributed by atoms with Gasteiger partial charge in [-0.3, -0.25) is 4.79 Å². The zero-order chi connectivity index (χ0) is 15.5. The predicted molar refractivity (Wildman–Crippen MR) is 97.2 cm³/mol. The molecule has 6 heteroatoms. The predicted octanol–water partition coefficient (Wildman–Crippen LogP) is 3.40. The Morgan fingerprint density at radius 3 is 2.91 bits per heavy atom. The van der Waals surface area contributed by atoms with Gasteiger partial charge in [0, 0.05) is 17.0 Å². The van der Waals surface area contributed by atoms with E-state index in [1.807, 2.05) is 23.6 Å². The molecule has 1 heterocycles. The second kappa shape index (κ2) is 7.90. The summed E-state index contributed by atoms with van der Waals surface area (Å²) in [5, 5.41) is 5.83. The summed E-state index contributed by atoms with van der Waals surface area (Å²) in [5.74, 6) is 0.319. The number of nitrogens with two attached hydrogens (primary N) is 1. The molecule has 2 atom stereocenters. The molecule has 0 aliphatic heterocycles. The molecule has 1 aliphatic carbocycles. The fourth-order valence-corrected chi connectivity index (χ4v) is 3.96. The molecule has 1 saturated carbocycles. The Hall–Kier alpha value is -1.43. The van der Waals surface area contributed by atoms with Crippen molar-refractivity contribution in [3.8, 4) is 10.6 Å². The van der Waals surface area contributed by atoms with Gasteiger partial charge < -0.3 is 11.1 Å². The van der Waals surface area contributed by atoms with Gasteiger partial charge in [0.2, 0.25) is 0 Å². The number of nitrogens with zero attached hydrogens (tertiary/aromatic N) is 1. The van der Waals surface area contributed by atoms with E-state index >= 15 is 0 Å². The zero-order valence-corrected chi connectivity index (χ0v) is 14.8. The van der Waals surface area contributed by atoms with Crippen molar-refractivity contribution >= 4 is 29.7 Å². The minimum Gasteiger partial charge on any atom is -0.348 e. The van der Waals surface area contributed by atoms with E-state index in [0.717, 1.165) is 29.8 Å². The summed E-state index contributed by atoms with van der Waals surface area (Å²) in [6, 6.07) is 8.29. The number of nitrogens with one attached hydrogen (secondary N) is 1. The Labute approximate surface area is 146 Å². The van der Waals surface area contributed by atoms with Crippen molar-refractivity contribution in [2.45, 2.75) is 32.2 Å². The van der Waals surface area contributed by atoms with E-state index in [9.17, 15) is 4.79 Å². The number of benzene rings is 1. The van der Waals surface area contributed by atoms with E-state index < -0.39 is 0 Å². The highest BCUT2D eigenvalue weighted by atomic mass is 35.5. The number of thiazole rings is 1. The summed E-state index contributed by atoms with van der Waals surface area (Å²) in [4.78, 5) is 16.9. The number of halogens is 1. The van der Waals surface area contributed by atoms with E-state index in [1.165, 1.54) is 16.9 Å². The van der Waals surface area contributed by atoms with Crippen LogP contribution in [0.15, 0.2) is 29.6 Å². The molecule has 1 aliphatic rings. The second-order valence-electron chi connectivity index (χ2n) is 5.86. The minimum absolute atomic E-state index is 0.